The summed E-state index contributed by atoms with van der Waals surface area (Å²) in [4.78, 5) is 38.0. The van der Waals surface area contributed by atoms with Gasteiger partial charge in [-0.15, -0.1) is 0 Å². The number of carbonyl (C=O) groups excluding carboxylic acids is 3. The summed E-state index contributed by atoms with van der Waals surface area (Å²) in [6.07, 6.45) is 7.64. The Hall–Kier alpha value is -1.78. The van der Waals surface area contributed by atoms with Crippen LogP contribution in [-0.4, -0.2) is 57.2 Å². The monoisotopic (exact) mass is 406 g/mol. The maximum absolute atomic E-state index is 11.8. The van der Waals surface area contributed by atoms with Crippen molar-refractivity contribution in [3.05, 3.63) is 36.6 Å². The van der Waals surface area contributed by atoms with Crippen LogP contribution in [0.2, 0.25) is 38.3 Å². The zero-order chi connectivity index (χ0) is 20.2. The van der Waals surface area contributed by atoms with Gasteiger partial charge in [-0.2, -0.15) is 0 Å². The Morgan fingerprint density at radius 1 is 0.778 bits per heavy atom. The number of rotatable bonds is 10. The maximum Gasteiger partial charge on any atom is 0.253 e. The fourth-order valence-electron chi connectivity index (χ4n) is 3.57. The molecule has 0 N–H and O–H groups in total. The lowest BCUT2D eigenvalue weighted by Crippen LogP contribution is -2.45. The highest BCUT2D eigenvalue weighted by atomic mass is 28.4. The molecule has 0 spiro atoms. The van der Waals surface area contributed by atoms with Crippen LogP contribution in [0.3, 0.4) is 0 Å². The van der Waals surface area contributed by atoms with Crippen LogP contribution in [0, 0.1) is 0 Å². The van der Waals surface area contributed by atoms with Crippen LogP contribution in [0.15, 0.2) is 36.6 Å². The second-order valence-corrected chi connectivity index (χ2v) is 17.2. The second kappa shape index (κ2) is 8.49. The minimum atomic E-state index is -1.88. The summed E-state index contributed by atoms with van der Waals surface area (Å²) in [5.41, 5.74) is 0.760. The van der Waals surface area contributed by atoms with Gasteiger partial charge in [-0.05, 0) is 57.2 Å². The molecule has 0 aromatic carbocycles. The molecule has 0 saturated heterocycles. The summed E-state index contributed by atoms with van der Waals surface area (Å²) in [6.45, 7) is 13.9. The summed E-state index contributed by atoms with van der Waals surface area (Å²) in [7, 11) is -3.73. The first-order chi connectivity index (χ1) is 12.5. The highest BCUT2D eigenvalue weighted by Crippen LogP contribution is 2.25. The van der Waals surface area contributed by atoms with Crippen molar-refractivity contribution in [2.45, 2.75) is 51.1 Å². The topological polar surface area (TPSA) is 66.9 Å². The summed E-state index contributed by atoms with van der Waals surface area (Å²) in [5, 5.41) is 0. The van der Waals surface area contributed by atoms with Crippen LogP contribution in [0.5, 0.6) is 0 Å². The lowest BCUT2D eigenvalue weighted by atomic mass is 10.4. The molecule has 0 unspecified atom stereocenters. The molecule has 2 heterocycles. The van der Waals surface area contributed by atoms with Crippen molar-refractivity contribution in [2.75, 3.05) is 13.1 Å². The van der Waals surface area contributed by atoms with Crippen LogP contribution in [0.1, 0.15) is 12.8 Å². The van der Waals surface area contributed by atoms with Gasteiger partial charge < -0.3 is 9.02 Å². The van der Waals surface area contributed by atoms with E-state index < -0.39 is 16.6 Å². The van der Waals surface area contributed by atoms with E-state index in [0.717, 1.165) is 30.6 Å². The van der Waals surface area contributed by atoms with Crippen molar-refractivity contribution in [2.24, 2.45) is 0 Å². The fourth-order valence-corrected chi connectivity index (χ4v) is 12.4. The predicted octanol–water partition coefficient (Wildman–Crippen LogP) is 3.03. The minimum Gasteiger partial charge on any atom is -0.455 e. The highest BCUT2D eigenvalue weighted by molar-refractivity contribution is 6.84. The third-order valence-electron chi connectivity index (χ3n) is 4.81. The standard InChI is InChI=1S/C19H30N2O4Si2/c1-16-8-9-17(22)20(16)12-6-14-26(2,3)25-27(4,5)15-7-13-21-18(23)10-11-19(21)24/h8-11H,1,6-7,12-15H2,2-5H3. The normalized spacial score (nSPS) is 17.8. The van der Waals surface area contributed by atoms with Crippen molar-refractivity contribution in [1.29, 1.82) is 0 Å². The van der Waals surface area contributed by atoms with Crippen molar-refractivity contribution in [1.82, 2.24) is 9.80 Å². The SMILES string of the molecule is C=C1C=CC(=O)N1CCC[Si](C)(C)O[Si](C)(C)CCCN1C(=O)C=CC1=O. The van der Waals surface area contributed by atoms with Crippen molar-refractivity contribution in [3.63, 3.8) is 0 Å². The van der Waals surface area contributed by atoms with E-state index in [0.29, 0.717) is 13.1 Å². The van der Waals surface area contributed by atoms with Gasteiger partial charge in [0, 0.05) is 37.0 Å². The summed E-state index contributed by atoms with van der Waals surface area (Å²) < 4.78 is 6.59. The number of carbonyl (C=O) groups is 3. The van der Waals surface area contributed by atoms with E-state index in [1.807, 2.05) is 0 Å². The fraction of sp³-hybridized carbons (Fsp3) is 0.526. The van der Waals surface area contributed by atoms with Gasteiger partial charge in [-0.3, -0.25) is 19.3 Å². The van der Waals surface area contributed by atoms with Crippen molar-refractivity contribution in [3.8, 4) is 0 Å². The summed E-state index contributed by atoms with van der Waals surface area (Å²) in [5.74, 6) is -0.430. The maximum atomic E-state index is 11.8. The van der Waals surface area contributed by atoms with E-state index in [-0.39, 0.29) is 17.7 Å². The van der Waals surface area contributed by atoms with Gasteiger partial charge in [-0.25, -0.2) is 0 Å². The molecule has 148 valence electrons. The first kappa shape index (κ1) is 21.5. The molecule has 0 fully saturated rings. The highest BCUT2D eigenvalue weighted by Gasteiger charge is 2.33. The lowest BCUT2D eigenvalue weighted by Gasteiger charge is -2.34. The second-order valence-electron chi connectivity index (χ2n) is 8.30. The molecule has 0 aromatic heterocycles. The van der Waals surface area contributed by atoms with Crippen LogP contribution in [-0.2, 0) is 18.5 Å². The molecule has 0 aliphatic carbocycles. The first-order valence-corrected chi connectivity index (χ1v) is 15.7. The minimum absolute atomic E-state index is 0.00981. The smallest absolute Gasteiger partial charge is 0.253 e. The van der Waals surface area contributed by atoms with Crippen LogP contribution >= 0.6 is 0 Å². The molecule has 2 rings (SSSR count). The molecule has 27 heavy (non-hydrogen) atoms. The molecule has 0 aromatic rings. The zero-order valence-corrected chi connectivity index (χ0v) is 18.8. The van der Waals surface area contributed by atoms with Gasteiger partial charge >= 0.3 is 0 Å². The van der Waals surface area contributed by atoms with Gasteiger partial charge in [0.1, 0.15) is 0 Å². The number of amides is 3. The molecule has 2 aliphatic rings. The number of hydrogen-bond acceptors (Lipinski definition) is 4. The molecule has 0 bridgehead atoms. The molecule has 2 aliphatic heterocycles. The van der Waals surface area contributed by atoms with Gasteiger partial charge in [0.2, 0.25) is 0 Å². The average molecular weight is 407 g/mol. The largest absolute Gasteiger partial charge is 0.455 e. The molecule has 0 atom stereocenters. The van der Waals surface area contributed by atoms with E-state index in [9.17, 15) is 14.4 Å². The molecule has 3 amide bonds. The Morgan fingerprint density at radius 2 is 1.19 bits per heavy atom. The van der Waals surface area contributed by atoms with Crippen molar-refractivity contribution >= 4 is 34.4 Å². The van der Waals surface area contributed by atoms with E-state index >= 15 is 0 Å². The van der Waals surface area contributed by atoms with Crippen molar-refractivity contribution < 1.29 is 18.5 Å². The van der Waals surface area contributed by atoms with E-state index in [2.05, 4.69) is 32.8 Å². The Labute approximate surface area is 163 Å². The third kappa shape index (κ3) is 6.12. The Balaban J connectivity index is 1.73. The third-order valence-corrected chi connectivity index (χ3v) is 12.3. The number of nitrogens with zero attached hydrogens (tertiary/aromatic N) is 2. The van der Waals surface area contributed by atoms with E-state index in [1.54, 1.807) is 17.1 Å². The first-order valence-electron chi connectivity index (χ1n) is 9.43. The quantitative estimate of drug-likeness (QED) is 0.413. The summed E-state index contributed by atoms with van der Waals surface area (Å²) in [6, 6.07) is 1.89. The van der Waals surface area contributed by atoms with Gasteiger partial charge in [0.15, 0.2) is 16.6 Å². The molecule has 0 saturated carbocycles. The Morgan fingerprint density at radius 3 is 1.63 bits per heavy atom. The van der Waals surface area contributed by atoms with Crippen LogP contribution < -0.4 is 0 Å². The van der Waals surface area contributed by atoms with Crippen LogP contribution in [0.4, 0.5) is 0 Å². The van der Waals surface area contributed by atoms with E-state index in [1.165, 1.54) is 17.1 Å². The lowest BCUT2D eigenvalue weighted by molar-refractivity contribution is -0.136. The Kier molecular flexibility index (Phi) is 6.77. The van der Waals surface area contributed by atoms with Crippen LogP contribution in [0.25, 0.3) is 0 Å². The average Bonchev–Trinajstić information content (AvgIpc) is 3.03. The molecule has 8 heteroatoms. The molecule has 6 nitrogen and oxygen atoms in total. The zero-order valence-electron chi connectivity index (χ0n) is 16.8. The molecule has 0 radical (unpaired) electrons. The number of hydrogen-bond donors (Lipinski definition) is 0. The van der Waals surface area contributed by atoms with Gasteiger partial charge in [0.25, 0.3) is 17.7 Å². The molecular weight excluding hydrogens is 376 g/mol. The Bertz CT molecular complexity index is 604. The number of imide groups is 1. The van der Waals surface area contributed by atoms with Gasteiger partial charge in [-0.1, -0.05) is 6.58 Å². The summed E-state index contributed by atoms with van der Waals surface area (Å²) >= 11 is 0. The van der Waals surface area contributed by atoms with E-state index in [4.69, 9.17) is 4.12 Å². The number of allylic oxidation sites excluding steroid dienone is 1. The predicted molar refractivity (Wildman–Crippen MR) is 111 cm³/mol. The molecular formula is C19H30N2O4Si2. The van der Waals surface area contributed by atoms with Gasteiger partial charge in [0.05, 0.1) is 0 Å².